The Morgan fingerprint density at radius 1 is 1.38 bits per heavy atom. The molecule has 0 radical (unpaired) electrons. The van der Waals surface area contributed by atoms with Crippen molar-refractivity contribution in [3.05, 3.63) is 12.4 Å². The first-order valence-corrected chi connectivity index (χ1v) is 9.03. The lowest BCUT2D eigenvalue weighted by molar-refractivity contribution is 0.326. The molecule has 0 amide bonds. The molecule has 2 N–H and O–H groups in total. The molecule has 1 heterocycles. The van der Waals surface area contributed by atoms with Crippen LogP contribution in [0.5, 0.6) is 5.88 Å². The highest BCUT2D eigenvalue weighted by Gasteiger charge is 2.29. The quantitative estimate of drug-likeness (QED) is 0.780. The fraction of sp³-hybridized carbons (Fsp3) is 0.692. The highest BCUT2D eigenvalue weighted by Crippen LogP contribution is 2.26. The molecule has 1 aromatic rings. The van der Waals surface area contributed by atoms with E-state index in [0.717, 1.165) is 19.3 Å². The van der Waals surface area contributed by atoms with Gasteiger partial charge in [0.15, 0.2) is 0 Å². The van der Waals surface area contributed by atoms with Gasteiger partial charge in [-0.1, -0.05) is 6.42 Å². The van der Waals surface area contributed by atoms with Crippen LogP contribution in [0.25, 0.3) is 0 Å². The molecule has 0 aromatic carbocycles. The number of anilines is 1. The van der Waals surface area contributed by atoms with Gasteiger partial charge in [-0.05, 0) is 25.7 Å². The zero-order valence-corrected chi connectivity index (χ0v) is 13.2. The number of nitrogens with one attached hydrogen (secondary N) is 2. The summed E-state index contributed by atoms with van der Waals surface area (Å²) in [5, 5.41) is 3.24. The van der Waals surface area contributed by atoms with Gasteiger partial charge < -0.3 is 10.1 Å². The van der Waals surface area contributed by atoms with Crippen LogP contribution in [0.3, 0.4) is 0 Å². The number of sulfonamides is 1. The maximum atomic E-state index is 11.4. The Bertz CT molecular complexity index is 564. The highest BCUT2D eigenvalue weighted by molar-refractivity contribution is 7.88. The van der Waals surface area contributed by atoms with Crippen molar-refractivity contribution in [3.8, 4) is 5.88 Å². The number of aromatic nitrogens is 2. The lowest BCUT2D eigenvalue weighted by atomic mass is 10.1. The van der Waals surface area contributed by atoms with Crippen molar-refractivity contribution >= 4 is 15.8 Å². The fourth-order valence-electron chi connectivity index (χ4n) is 2.61. The summed E-state index contributed by atoms with van der Waals surface area (Å²) in [6.45, 7) is 3.13. The van der Waals surface area contributed by atoms with E-state index in [0.29, 0.717) is 24.8 Å². The third-order valence-corrected chi connectivity index (χ3v) is 4.24. The van der Waals surface area contributed by atoms with Gasteiger partial charge in [0.2, 0.25) is 15.9 Å². The molecule has 2 unspecified atom stereocenters. The van der Waals surface area contributed by atoms with Crippen molar-refractivity contribution in [2.75, 3.05) is 24.7 Å². The van der Waals surface area contributed by atoms with E-state index < -0.39 is 10.0 Å². The molecule has 0 bridgehead atoms. The SMILES string of the molecule is CCOc1cc(NCC2CCCC2NS(C)(=O)=O)ncn1. The van der Waals surface area contributed by atoms with E-state index in [2.05, 4.69) is 20.0 Å². The first-order valence-electron chi connectivity index (χ1n) is 7.14. The number of nitrogens with zero attached hydrogens (tertiary/aromatic N) is 2. The maximum Gasteiger partial charge on any atom is 0.218 e. The van der Waals surface area contributed by atoms with Crippen LogP contribution in [0.15, 0.2) is 12.4 Å². The number of hydrogen-bond donors (Lipinski definition) is 2. The Morgan fingerprint density at radius 2 is 2.19 bits per heavy atom. The van der Waals surface area contributed by atoms with E-state index in [1.165, 1.54) is 12.6 Å². The number of hydrogen-bond acceptors (Lipinski definition) is 6. The van der Waals surface area contributed by atoms with Crippen LogP contribution in [-0.4, -0.2) is 43.8 Å². The molecule has 0 spiro atoms. The second-order valence-corrected chi connectivity index (χ2v) is 7.02. The third kappa shape index (κ3) is 5.13. The van der Waals surface area contributed by atoms with E-state index >= 15 is 0 Å². The smallest absolute Gasteiger partial charge is 0.218 e. The van der Waals surface area contributed by atoms with Crippen LogP contribution in [-0.2, 0) is 10.0 Å². The number of ether oxygens (including phenoxy) is 1. The first-order chi connectivity index (χ1) is 9.98. The molecule has 8 heteroatoms. The molecule has 0 aliphatic heterocycles. The minimum atomic E-state index is -3.16. The molecule has 1 saturated carbocycles. The largest absolute Gasteiger partial charge is 0.478 e. The molecule has 1 aromatic heterocycles. The molecule has 0 saturated heterocycles. The zero-order valence-electron chi connectivity index (χ0n) is 12.4. The van der Waals surface area contributed by atoms with Crippen LogP contribution in [0.2, 0.25) is 0 Å². The normalized spacial score (nSPS) is 22.2. The van der Waals surface area contributed by atoms with Crippen LogP contribution in [0.1, 0.15) is 26.2 Å². The summed E-state index contributed by atoms with van der Waals surface area (Å²) in [4.78, 5) is 8.15. The van der Waals surface area contributed by atoms with E-state index in [1.807, 2.05) is 6.92 Å². The molecular formula is C13H22N4O3S. The predicted molar refractivity (Wildman–Crippen MR) is 80.8 cm³/mol. The molecule has 2 atom stereocenters. The van der Waals surface area contributed by atoms with Crippen LogP contribution >= 0.6 is 0 Å². The van der Waals surface area contributed by atoms with Gasteiger partial charge in [0.05, 0.1) is 12.9 Å². The lowest BCUT2D eigenvalue weighted by Gasteiger charge is -2.20. The lowest BCUT2D eigenvalue weighted by Crippen LogP contribution is -2.39. The van der Waals surface area contributed by atoms with E-state index in [4.69, 9.17) is 4.74 Å². The van der Waals surface area contributed by atoms with Crippen molar-refractivity contribution < 1.29 is 13.2 Å². The fourth-order valence-corrected chi connectivity index (χ4v) is 3.47. The molecular weight excluding hydrogens is 292 g/mol. The Morgan fingerprint density at radius 3 is 2.90 bits per heavy atom. The summed E-state index contributed by atoms with van der Waals surface area (Å²) in [6.07, 6.45) is 5.58. The Hall–Kier alpha value is -1.41. The number of rotatable bonds is 7. The van der Waals surface area contributed by atoms with Crippen molar-refractivity contribution in [2.24, 2.45) is 5.92 Å². The second-order valence-electron chi connectivity index (χ2n) is 5.24. The van der Waals surface area contributed by atoms with Gasteiger partial charge in [-0.25, -0.2) is 23.1 Å². The van der Waals surface area contributed by atoms with Gasteiger partial charge in [-0.2, -0.15) is 0 Å². The molecule has 2 rings (SSSR count). The zero-order chi connectivity index (χ0) is 15.3. The highest BCUT2D eigenvalue weighted by atomic mass is 32.2. The van der Waals surface area contributed by atoms with Gasteiger partial charge in [0.25, 0.3) is 0 Å². The standard InChI is InChI=1S/C13H22N4O3S/c1-3-20-13-7-12(15-9-16-13)14-8-10-5-4-6-11(10)17-21(2,18)19/h7,9-11,17H,3-6,8H2,1-2H3,(H,14,15,16). The van der Waals surface area contributed by atoms with Gasteiger partial charge in [0, 0.05) is 18.7 Å². The average molecular weight is 314 g/mol. The summed E-state index contributed by atoms with van der Waals surface area (Å²) < 4.78 is 30.7. The predicted octanol–water partition coefficient (Wildman–Crippen LogP) is 1.01. The van der Waals surface area contributed by atoms with Crippen molar-refractivity contribution in [1.82, 2.24) is 14.7 Å². The molecule has 1 aliphatic carbocycles. The maximum absolute atomic E-state index is 11.4. The second kappa shape index (κ2) is 7.04. The first kappa shape index (κ1) is 16.0. The van der Waals surface area contributed by atoms with Gasteiger partial charge >= 0.3 is 0 Å². The topological polar surface area (TPSA) is 93.2 Å². The van der Waals surface area contributed by atoms with Crippen LogP contribution < -0.4 is 14.8 Å². The van der Waals surface area contributed by atoms with Crippen molar-refractivity contribution in [1.29, 1.82) is 0 Å². The Kier molecular flexibility index (Phi) is 5.35. The van der Waals surface area contributed by atoms with E-state index in [1.54, 1.807) is 6.07 Å². The van der Waals surface area contributed by atoms with Crippen molar-refractivity contribution in [3.63, 3.8) is 0 Å². The Balaban J connectivity index is 1.91. The summed E-state index contributed by atoms with van der Waals surface area (Å²) >= 11 is 0. The summed E-state index contributed by atoms with van der Waals surface area (Å²) in [5.74, 6) is 1.50. The Labute approximate surface area is 125 Å². The monoisotopic (exact) mass is 314 g/mol. The minimum absolute atomic E-state index is 0.000648. The van der Waals surface area contributed by atoms with Gasteiger partial charge in [0.1, 0.15) is 12.1 Å². The molecule has 1 fully saturated rings. The van der Waals surface area contributed by atoms with Crippen molar-refractivity contribution in [2.45, 2.75) is 32.2 Å². The van der Waals surface area contributed by atoms with E-state index in [-0.39, 0.29) is 12.0 Å². The average Bonchev–Trinajstić information content (AvgIpc) is 2.82. The van der Waals surface area contributed by atoms with Gasteiger partial charge in [-0.3, -0.25) is 0 Å². The van der Waals surface area contributed by atoms with Crippen LogP contribution in [0.4, 0.5) is 5.82 Å². The van der Waals surface area contributed by atoms with E-state index in [9.17, 15) is 8.42 Å². The van der Waals surface area contributed by atoms with Gasteiger partial charge in [-0.15, -0.1) is 0 Å². The van der Waals surface area contributed by atoms with Crippen LogP contribution in [0, 0.1) is 5.92 Å². The minimum Gasteiger partial charge on any atom is -0.478 e. The summed E-state index contributed by atoms with van der Waals surface area (Å²) in [7, 11) is -3.16. The molecule has 118 valence electrons. The third-order valence-electron chi connectivity index (χ3n) is 3.50. The molecule has 7 nitrogen and oxygen atoms in total. The summed E-state index contributed by atoms with van der Waals surface area (Å²) in [5.41, 5.74) is 0. The molecule has 1 aliphatic rings. The summed E-state index contributed by atoms with van der Waals surface area (Å²) in [6, 6.07) is 1.75. The molecule has 21 heavy (non-hydrogen) atoms.